The zero-order valence-electron chi connectivity index (χ0n) is 18.6. The van der Waals surface area contributed by atoms with E-state index in [0.717, 1.165) is 37.0 Å². The Morgan fingerprint density at radius 1 is 1.09 bits per heavy atom. The van der Waals surface area contributed by atoms with Crippen molar-refractivity contribution in [2.24, 2.45) is 0 Å². The maximum absolute atomic E-state index is 13.2. The van der Waals surface area contributed by atoms with Gasteiger partial charge in [0, 0.05) is 32.5 Å². The van der Waals surface area contributed by atoms with Gasteiger partial charge in [0.05, 0.1) is 12.1 Å². The Labute approximate surface area is 193 Å². The van der Waals surface area contributed by atoms with Crippen LogP contribution >= 0.6 is 0 Å². The molecule has 1 N–H and O–H groups in total. The summed E-state index contributed by atoms with van der Waals surface area (Å²) in [7, 11) is -2.28. The maximum Gasteiger partial charge on any atom is 0.308 e. The van der Waals surface area contributed by atoms with Crippen LogP contribution in [0.25, 0.3) is 0 Å². The molecule has 1 aliphatic carbocycles. The molecule has 0 aromatic heterocycles. The molecule has 0 bridgehead atoms. The van der Waals surface area contributed by atoms with Crippen molar-refractivity contribution in [2.45, 2.75) is 62.3 Å². The Bertz CT molecular complexity index is 1000. The van der Waals surface area contributed by atoms with Crippen molar-refractivity contribution >= 4 is 39.4 Å². The lowest BCUT2D eigenvalue weighted by molar-refractivity contribution is -0.148. The summed E-state index contributed by atoms with van der Waals surface area (Å²) in [5.74, 6) is -2.10. The number of hydrogen-bond acceptors (Lipinski definition) is 7. The standard InChI is InChI=1S/C22H29N3O7S/c1-24(16-7-3-2-4-8-16)33(30,31)18-10-6-5-9-17(18)23-19(26)15-32-22(29)13-14-25-20(27)11-12-21(25)28/h5-6,9-10,16H,2-4,7-8,11-15H2,1H3,(H,23,26). The molecule has 1 saturated carbocycles. The highest BCUT2D eigenvalue weighted by Gasteiger charge is 2.31. The molecular formula is C22H29N3O7S. The molecule has 3 rings (SSSR count). The SMILES string of the molecule is CN(C1CCCCC1)S(=O)(=O)c1ccccc1NC(=O)COC(=O)CCN1C(=O)CCC1=O. The number of carbonyl (C=O) groups excluding carboxylic acids is 4. The van der Waals surface area contributed by atoms with E-state index in [2.05, 4.69) is 5.32 Å². The summed E-state index contributed by atoms with van der Waals surface area (Å²) in [6.07, 6.45) is 4.71. The van der Waals surface area contributed by atoms with Gasteiger partial charge in [-0.3, -0.25) is 24.1 Å². The van der Waals surface area contributed by atoms with E-state index in [1.165, 1.54) is 16.4 Å². The van der Waals surface area contributed by atoms with Crippen molar-refractivity contribution in [3.8, 4) is 0 Å². The third kappa shape index (κ3) is 6.17. The molecule has 2 aliphatic rings. The molecule has 10 nitrogen and oxygen atoms in total. The summed E-state index contributed by atoms with van der Waals surface area (Å²) >= 11 is 0. The van der Waals surface area contributed by atoms with Crippen molar-refractivity contribution in [1.82, 2.24) is 9.21 Å². The lowest BCUT2D eigenvalue weighted by Gasteiger charge is -2.30. The number of ether oxygens (including phenoxy) is 1. The Morgan fingerprint density at radius 3 is 2.39 bits per heavy atom. The number of nitrogens with one attached hydrogen (secondary N) is 1. The monoisotopic (exact) mass is 479 g/mol. The Kier molecular flexibility index (Phi) is 8.20. The van der Waals surface area contributed by atoms with Gasteiger partial charge in [0.1, 0.15) is 4.90 Å². The third-order valence-electron chi connectivity index (χ3n) is 5.97. The fourth-order valence-corrected chi connectivity index (χ4v) is 5.63. The van der Waals surface area contributed by atoms with Gasteiger partial charge in [-0.2, -0.15) is 4.31 Å². The predicted molar refractivity (Wildman–Crippen MR) is 118 cm³/mol. The molecule has 3 amide bonds. The topological polar surface area (TPSA) is 130 Å². The number of para-hydroxylation sites is 1. The van der Waals surface area contributed by atoms with Gasteiger partial charge in [-0.15, -0.1) is 0 Å². The van der Waals surface area contributed by atoms with E-state index >= 15 is 0 Å². The van der Waals surface area contributed by atoms with Crippen molar-refractivity contribution in [1.29, 1.82) is 0 Å². The van der Waals surface area contributed by atoms with Crippen LogP contribution in [0, 0.1) is 0 Å². The number of anilines is 1. The molecule has 1 heterocycles. The molecular weight excluding hydrogens is 450 g/mol. The fraction of sp³-hybridized carbons (Fsp3) is 0.545. The minimum absolute atomic E-state index is 0.0243. The highest BCUT2D eigenvalue weighted by Crippen LogP contribution is 2.29. The van der Waals surface area contributed by atoms with E-state index in [1.807, 2.05) is 0 Å². The van der Waals surface area contributed by atoms with E-state index in [9.17, 15) is 27.6 Å². The van der Waals surface area contributed by atoms with E-state index in [4.69, 9.17) is 4.74 Å². The Hall–Kier alpha value is -2.79. The second kappa shape index (κ2) is 10.9. The van der Waals surface area contributed by atoms with Gasteiger partial charge in [-0.1, -0.05) is 31.4 Å². The highest BCUT2D eigenvalue weighted by molar-refractivity contribution is 7.89. The molecule has 1 aliphatic heterocycles. The first-order valence-electron chi connectivity index (χ1n) is 11.1. The van der Waals surface area contributed by atoms with Gasteiger partial charge >= 0.3 is 5.97 Å². The van der Waals surface area contributed by atoms with Crippen LogP contribution in [-0.2, 0) is 33.9 Å². The van der Waals surface area contributed by atoms with Crippen LogP contribution in [0.5, 0.6) is 0 Å². The largest absolute Gasteiger partial charge is 0.456 e. The fourth-order valence-electron chi connectivity index (χ4n) is 4.07. The number of benzene rings is 1. The lowest BCUT2D eigenvalue weighted by Crippen LogP contribution is -2.38. The number of hydrogen-bond donors (Lipinski definition) is 1. The summed E-state index contributed by atoms with van der Waals surface area (Å²) in [5, 5.41) is 2.50. The van der Waals surface area contributed by atoms with Crippen LogP contribution in [0.15, 0.2) is 29.2 Å². The van der Waals surface area contributed by atoms with E-state index in [0.29, 0.717) is 0 Å². The van der Waals surface area contributed by atoms with E-state index in [-0.39, 0.29) is 54.2 Å². The Balaban J connectivity index is 1.56. The zero-order chi connectivity index (χ0) is 24.0. The lowest BCUT2D eigenvalue weighted by atomic mass is 9.96. The first-order chi connectivity index (χ1) is 15.7. The molecule has 180 valence electrons. The number of nitrogens with zero attached hydrogens (tertiary/aromatic N) is 2. The second-order valence-corrected chi connectivity index (χ2v) is 10.2. The first-order valence-corrected chi connectivity index (χ1v) is 12.5. The molecule has 2 fully saturated rings. The third-order valence-corrected chi connectivity index (χ3v) is 7.93. The molecule has 1 saturated heterocycles. The first kappa shape index (κ1) is 24.8. The van der Waals surface area contributed by atoms with Crippen molar-refractivity contribution in [2.75, 3.05) is 25.5 Å². The number of likely N-dealkylation sites (tertiary alicyclic amines) is 1. The average Bonchev–Trinajstić information content (AvgIpc) is 3.13. The zero-order valence-corrected chi connectivity index (χ0v) is 19.4. The van der Waals surface area contributed by atoms with Crippen LogP contribution in [0.1, 0.15) is 51.4 Å². The highest BCUT2D eigenvalue weighted by atomic mass is 32.2. The van der Waals surface area contributed by atoms with Gasteiger partial charge < -0.3 is 10.1 Å². The van der Waals surface area contributed by atoms with Crippen molar-refractivity contribution < 1.29 is 32.3 Å². The predicted octanol–water partition coefficient (Wildman–Crippen LogP) is 1.66. The van der Waals surface area contributed by atoms with Crippen LogP contribution in [0.4, 0.5) is 5.69 Å². The summed E-state index contributed by atoms with van der Waals surface area (Å²) in [6.45, 7) is -0.708. The van der Waals surface area contributed by atoms with Gasteiger partial charge in [0.25, 0.3) is 5.91 Å². The number of amides is 3. The van der Waals surface area contributed by atoms with Gasteiger partial charge in [0.15, 0.2) is 6.61 Å². The van der Waals surface area contributed by atoms with Crippen LogP contribution in [0.3, 0.4) is 0 Å². The van der Waals surface area contributed by atoms with E-state index in [1.54, 1.807) is 19.2 Å². The van der Waals surface area contributed by atoms with Crippen molar-refractivity contribution in [3.63, 3.8) is 0 Å². The van der Waals surface area contributed by atoms with Gasteiger partial charge in [-0.05, 0) is 25.0 Å². The molecule has 1 aromatic carbocycles. The van der Waals surface area contributed by atoms with Gasteiger partial charge in [0.2, 0.25) is 21.8 Å². The molecule has 0 atom stereocenters. The molecule has 1 aromatic rings. The number of rotatable bonds is 9. The molecule has 33 heavy (non-hydrogen) atoms. The molecule has 0 radical (unpaired) electrons. The summed E-state index contributed by atoms with van der Waals surface area (Å²) in [4.78, 5) is 48.3. The number of sulfonamides is 1. The average molecular weight is 480 g/mol. The molecule has 11 heteroatoms. The minimum Gasteiger partial charge on any atom is -0.456 e. The van der Waals surface area contributed by atoms with Crippen molar-refractivity contribution in [3.05, 3.63) is 24.3 Å². The molecule has 0 unspecified atom stereocenters. The summed E-state index contributed by atoms with van der Waals surface area (Å²) in [6, 6.07) is 6.01. The summed E-state index contributed by atoms with van der Waals surface area (Å²) in [5.41, 5.74) is 0.106. The summed E-state index contributed by atoms with van der Waals surface area (Å²) < 4.78 is 32.7. The van der Waals surface area contributed by atoms with Gasteiger partial charge in [-0.25, -0.2) is 8.42 Å². The quantitative estimate of drug-likeness (QED) is 0.421. The Morgan fingerprint density at radius 2 is 1.73 bits per heavy atom. The number of esters is 1. The van der Waals surface area contributed by atoms with Crippen LogP contribution in [0.2, 0.25) is 0 Å². The van der Waals surface area contributed by atoms with E-state index < -0.39 is 28.5 Å². The number of carbonyl (C=O) groups is 4. The smallest absolute Gasteiger partial charge is 0.308 e. The maximum atomic E-state index is 13.2. The number of imide groups is 1. The minimum atomic E-state index is -3.83. The van der Waals surface area contributed by atoms with Crippen LogP contribution < -0.4 is 5.32 Å². The van der Waals surface area contributed by atoms with Crippen LogP contribution in [-0.4, -0.2) is 67.6 Å². The molecule has 0 spiro atoms. The second-order valence-electron chi connectivity index (χ2n) is 8.21. The normalized spacial score (nSPS) is 17.5.